The number of H-pyrrole nitrogens is 1. The number of fused-ring (bicyclic) bond motifs is 4. The van der Waals surface area contributed by atoms with Crippen molar-refractivity contribution in [3.8, 4) is 34.4 Å². The number of nitrogens with zero attached hydrogens (tertiary/aromatic N) is 6. The second-order valence-corrected chi connectivity index (χ2v) is 12.0. The maximum Gasteiger partial charge on any atom is 0.254 e. The van der Waals surface area contributed by atoms with Crippen molar-refractivity contribution in [1.29, 1.82) is 0 Å². The Bertz CT molecular complexity index is 1860. The third-order valence-corrected chi connectivity index (χ3v) is 9.51. The van der Waals surface area contributed by atoms with E-state index in [2.05, 4.69) is 31.5 Å². The number of nitrogens with one attached hydrogen (secondary N) is 1. The number of methoxy groups -OCH3 is 2. The lowest BCUT2D eigenvalue weighted by Crippen LogP contribution is -2.41. The summed E-state index contributed by atoms with van der Waals surface area (Å²) in [6, 6.07) is 10.2. The van der Waals surface area contributed by atoms with Crippen LogP contribution in [0.5, 0.6) is 11.6 Å². The maximum absolute atomic E-state index is 13.7. The Morgan fingerprint density at radius 3 is 2.67 bits per heavy atom. The Kier molecular flexibility index (Phi) is 5.62. The molecule has 5 heterocycles. The molecule has 2 saturated carbocycles. The summed E-state index contributed by atoms with van der Waals surface area (Å²) in [5.41, 5.74) is 12.1. The van der Waals surface area contributed by atoms with Crippen molar-refractivity contribution >= 4 is 28.0 Å². The summed E-state index contributed by atoms with van der Waals surface area (Å²) in [4.78, 5) is 25.8. The van der Waals surface area contributed by atoms with Gasteiger partial charge in [0.2, 0.25) is 5.88 Å². The minimum absolute atomic E-state index is 0.000644. The summed E-state index contributed by atoms with van der Waals surface area (Å²) >= 11 is 0. The number of hydrogen-bond acceptors (Lipinski definition) is 7. The van der Waals surface area contributed by atoms with E-state index in [1.165, 1.54) is 12.8 Å². The number of aryl methyl sites for hydroxylation is 1. The van der Waals surface area contributed by atoms with Gasteiger partial charge in [0, 0.05) is 43.2 Å². The van der Waals surface area contributed by atoms with Gasteiger partial charge in [-0.1, -0.05) is 0 Å². The summed E-state index contributed by atoms with van der Waals surface area (Å²) < 4.78 is 15.6. The van der Waals surface area contributed by atoms with Crippen LogP contribution >= 0.6 is 0 Å². The van der Waals surface area contributed by atoms with E-state index in [1.54, 1.807) is 20.4 Å². The standard InChI is InChI=1S/C31H34N8O3/c1-37-27-22(10-19(12-25(27)41-2)31(40)39-15-18-7-9-23(39)26(18)32)35-29(37)24-11-17-6-8-21(20-13-33-36-30(20)42-3)34-28(17)38(24)14-16-4-5-16/h6,8,10-13,16,18,23,26H,4-5,7,9,14-15,32H2,1-3H3,(H,33,36)/t18?,23?,26-/m1/s1. The number of rotatable bonds is 7. The fourth-order valence-electron chi connectivity index (χ4n) is 7.08. The lowest BCUT2D eigenvalue weighted by molar-refractivity contribution is 0.0700. The van der Waals surface area contributed by atoms with E-state index in [4.69, 9.17) is 25.2 Å². The highest BCUT2D eigenvalue weighted by atomic mass is 16.5. The number of imidazole rings is 1. The highest BCUT2D eigenvalue weighted by molar-refractivity contribution is 6.00. The van der Waals surface area contributed by atoms with Gasteiger partial charge in [-0.05, 0) is 67.9 Å². The third kappa shape index (κ3) is 3.76. The Hall–Kier alpha value is -4.38. The zero-order valence-corrected chi connectivity index (χ0v) is 24.0. The van der Waals surface area contributed by atoms with Crippen LogP contribution < -0.4 is 15.2 Å². The van der Waals surface area contributed by atoms with Gasteiger partial charge < -0.3 is 29.2 Å². The summed E-state index contributed by atoms with van der Waals surface area (Å²) in [6.07, 6.45) is 6.22. The fraction of sp³-hybridized carbons (Fsp3) is 0.419. The van der Waals surface area contributed by atoms with Crippen LogP contribution in [0.15, 0.2) is 36.5 Å². The van der Waals surface area contributed by atoms with Crippen LogP contribution in [0.2, 0.25) is 0 Å². The molecule has 4 aromatic heterocycles. The van der Waals surface area contributed by atoms with E-state index in [1.807, 2.05) is 30.1 Å². The van der Waals surface area contributed by atoms with Crippen LogP contribution in [0.4, 0.5) is 0 Å². The van der Waals surface area contributed by atoms with Crippen LogP contribution in [0, 0.1) is 11.8 Å². The molecular weight excluding hydrogens is 532 g/mol. The summed E-state index contributed by atoms with van der Waals surface area (Å²) in [5.74, 6) is 3.02. The number of pyridine rings is 1. The van der Waals surface area contributed by atoms with Crippen molar-refractivity contribution in [2.24, 2.45) is 24.6 Å². The van der Waals surface area contributed by atoms with Crippen LogP contribution in [0.1, 0.15) is 36.0 Å². The molecule has 2 bridgehead atoms. The van der Waals surface area contributed by atoms with Gasteiger partial charge in [0.1, 0.15) is 16.9 Å². The van der Waals surface area contributed by atoms with Gasteiger partial charge >= 0.3 is 0 Å². The molecule has 1 amide bonds. The van der Waals surface area contributed by atoms with Crippen molar-refractivity contribution < 1.29 is 14.3 Å². The minimum Gasteiger partial charge on any atom is -0.494 e. The zero-order valence-electron chi connectivity index (χ0n) is 24.0. The Labute approximate surface area is 242 Å². The van der Waals surface area contributed by atoms with E-state index in [0.29, 0.717) is 29.0 Å². The Balaban J connectivity index is 1.25. The highest BCUT2D eigenvalue weighted by Crippen LogP contribution is 2.40. The van der Waals surface area contributed by atoms with Crippen LogP contribution in [0.25, 0.3) is 44.8 Å². The molecule has 11 heteroatoms. The van der Waals surface area contributed by atoms with Gasteiger partial charge in [0.05, 0.1) is 42.9 Å². The van der Waals surface area contributed by atoms with Crippen LogP contribution in [-0.4, -0.2) is 73.0 Å². The smallest absolute Gasteiger partial charge is 0.254 e. The summed E-state index contributed by atoms with van der Waals surface area (Å²) in [6.45, 7) is 1.58. The number of aromatic amines is 1. The van der Waals surface area contributed by atoms with Crippen molar-refractivity contribution in [3.63, 3.8) is 0 Å². The molecule has 0 spiro atoms. The molecule has 3 fully saturated rings. The quantitative estimate of drug-likeness (QED) is 0.305. The molecule has 1 aliphatic heterocycles. The summed E-state index contributed by atoms with van der Waals surface area (Å²) in [5, 5.41) is 8.06. The summed E-state index contributed by atoms with van der Waals surface area (Å²) in [7, 11) is 5.26. The second kappa shape index (κ2) is 9.32. The molecule has 3 atom stereocenters. The number of hydrogen-bond donors (Lipinski definition) is 2. The largest absolute Gasteiger partial charge is 0.494 e. The number of ether oxygens (including phenoxy) is 2. The van der Waals surface area contributed by atoms with Crippen molar-refractivity contribution in [2.75, 3.05) is 20.8 Å². The molecule has 0 radical (unpaired) electrons. The minimum atomic E-state index is -0.000644. The predicted molar refractivity (Wildman–Crippen MR) is 158 cm³/mol. The molecule has 8 rings (SSSR count). The Morgan fingerprint density at radius 2 is 1.95 bits per heavy atom. The van der Waals surface area contributed by atoms with Crippen molar-refractivity contribution in [1.82, 2.24) is 34.2 Å². The number of piperidine rings is 1. The van der Waals surface area contributed by atoms with E-state index >= 15 is 0 Å². The SMILES string of the molecule is COc1[nH]ncc1-c1ccc2cc(-c3nc4cc(C(=O)N5CC6CCC5[C@@H]6N)cc(OC)c4n3C)n(CC3CC3)c2n1. The average molecular weight is 567 g/mol. The number of likely N-dealkylation sites (tertiary alicyclic amines) is 1. The van der Waals surface area contributed by atoms with E-state index in [0.717, 1.165) is 70.8 Å². The zero-order chi connectivity index (χ0) is 28.7. The van der Waals surface area contributed by atoms with Gasteiger partial charge in [0.15, 0.2) is 5.82 Å². The van der Waals surface area contributed by atoms with Gasteiger partial charge in [0.25, 0.3) is 5.91 Å². The predicted octanol–water partition coefficient (Wildman–Crippen LogP) is 3.97. The van der Waals surface area contributed by atoms with Crippen molar-refractivity contribution in [2.45, 2.75) is 44.3 Å². The molecule has 216 valence electrons. The fourth-order valence-corrected chi connectivity index (χ4v) is 7.08. The third-order valence-electron chi connectivity index (χ3n) is 9.51. The maximum atomic E-state index is 13.7. The first-order chi connectivity index (χ1) is 20.4. The molecule has 11 nitrogen and oxygen atoms in total. The lowest BCUT2D eigenvalue weighted by atomic mass is 10.1. The number of carbonyl (C=O) groups excluding carboxylic acids is 1. The molecule has 1 saturated heterocycles. The molecule has 1 aromatic carbocycles. The number of aromatic nitrogens is 6. The molecule has 3 aliphatic rings. The van der Waals surface area contributed by atoms with Gasteiger partial charge in [-0.25, -0.2) is 15.1 Å². The van der Waals surface area contributed by atoms with Gasteiger partial charge in [-0.15, -0.1) is 0 Å². The van der Waals surface area contributed by atoms with Crippen LogP contribution in [0.3, 0.4) is 0 Å². The highest BCUT2D eigenvalue weighted by Gasteiger charge is 2.47. The van der Waals surface area contributed by atoms with Crippen LogP contribution in [-0.2, 0) is 13.6 Å². The normalized spacial score (nSPS) is 21.6. The topological polar surface area (TPSA) is 129 Å². The molecule has 2 unspecified atom stereocenters. The molecule has 42 heavy (non-hydrogen) atoms. The van der Waals surface area contributed by atoms with E-state index < -0.39 is 0 Å². The average Bonchev–Trinajstić information content (AvgIpc) is 3.31. The van der Waals surface area contributed by atoms with Crippen molar-refractivity contribution in [3.05, 3.63) is 42.1 Å². The molecular formula is C31H34N8O3. The first kappa shape index (κ1) is 25.3. The molecule has 2 aliphatic carbocycles. The van der Waals surface area contributed by atoms with Gasteiger partial charge in [-0.2, -0.15) is 5.10 Å². The number of amides is 1. The number of benzene rings is 1. The molecule has 5 aromatic rings. The Morgan fingerprint density at radius 1 is 1.10 bits per heavy atom. The first-order valence-corrected chi connectivity index (χ1v) is 14.6. The first-order valence-electron chi connectivity index (χ1n) is 14.6. The lowest BCUT2D eigenvalue weighted by Gasteiger charge is -2.27. The van der Waals surface area contributed by atoms with E-state index in [9.17, 15) is 4.79 Å². The number of carbonyl (C=O) groups is 1. The van der Waals surface area contributed by atoms with E-state index in [-0.39, 0.29) is 18.0 Å². The number of nitrogens with two attached hydrogens (primary N) is 1. The van der Waals surface area contributed by atoms with Gasteiger partial charge in [-0.3, -0.25) is 4.79 Å². The monoisotopic (exact) mass is 566 g/mol. The second-order valence-electron chi connectivity index (χ2n) is 12.0. The molecule has 3 N–H and O–H groups in total.